The topological polar surface area (TPSA) is 32.3 Å². The van der Waals surface area contributed by atoms with E-state index in [1.807, 2.05) is 0 Å². The lowest BCUT2D eigenvalue weighted by Gasteiger charge is -2.14. The number of aliphatic hydroxyl groups excluding tert-OH is 1. The van der Waals surface area contributed by atoms with E-state index in [0.29, 0.717) is 6.04 Å². The van der Waals surface area contributed by atoms with Gasteiger partial charge in [0.1, 0.15) is 0 Å². The Morgan fingerprint density at radius 2 is 1.10 bits per heavy atom. The summed E-state index contributed by atoms with van der Waals surface area (Å²) in [5.41, 5.74) is 0. The van der Waals surface area contributed by atoms with E-state index in [1.54, 1.807) is 0 Å². The predicted molar refractivity (Wildman–Crippen MR) is 94.9 cm³/mol. The zero-order chi connectivity index (χ0) is 15.6. The van der Waals surface area contributed by atoms with Gasteiger partial charge in [-0.15, -0.1) is 0 Å². The quantitative estimate of drug-likeness (QED) is 0.351. The molecule has 0 radical (unpaired) electrons. The summed E-state index contributed by atoms with van der Waals surface area (Å²) in [6.07, 6.45) is 19.4. The summed E-state index contributed by atoms with van der Waals surface area (Å²) < 4.78 is 0. The molecule has 0 bridgehead atoms. The van der Waals surface area contributed by atoms with Crippen LogP contribution in [0.15, 0.2) is 0 Å². The van der Waals surface area contributed by atoms with Crippen molar-refractivity contribution in [3.63, 3.8) is 0 Å². The zero-order valence-corrected chi connectivity index (χ0v) is 14.8. The second kappa shape index (κ2) is 18.0. The molecule has 0 amide bonds. The predicted octanol–water partition coefficient (Wildman–Crippen LogP) is 5.44. The minimum Gasteiger partial charge on any atom is -0.395 e. The lowest BCUT2D eigenvalue weighted by Crippen LogP contribution is -2.32. The third kappa shape index (κ3) is 16.1. The van der Waals surface area contributed by atoms with Crippen LogP contribution < -0.4 is 5.32 Å². The van der Waals surface area contributed by atoms with Crippen LogP contribution in [0.3, 0.4) is 0 Å². The maximum absolute atomic E-state index is 9.19. The number of hydrogen-bond acceptors (Lipinski definition) is 2. The molecule has 2 N–H and O–H groups in total. The van der Waals surface area contributed by atoms with Crippen molar-refractivity contribution in [2.24, 2.45) is 0 Å². The summed E-state index contributed by atoms with van der Waals surface area (Å²) in [7, 11) is 0. The molecule has 2 nitrogen and oxygen atoms in total. The van der Waals surface area contributed by atoms with Gasteiger partial charge >= 0.3 is 0 Å². The minimum absolute atomic E-state index is 0.284. The van der Waals surface area contributed by atoms with Crippen LogP contribution in [-0.4, -0.2) is 24.3 Å². The fourth-order valence-electron chi connectivity index (χ4n) is 2.96. The molecule has 0 spiro atoms. The van der Waals surface area contributed by atoms with E-state index in [0.717, 1.165) is 13.0 Å². The molecule has 0 fully saturated rings. The molecule has 0 saturated heterocycles. The fourth-order valence-corrected chi connectivity index (χ4v) is 2.96. The van der Waals surface area contributed by atoms with Crippen molar-refractivity contribution in [2.45, 2.75) is 110 Å². The summed E-state index contributed by atoms with van der Waals surface area (Å²) >= 11 is 0. The second-order valence-electron chi connectivity index (χ2n) is 6.47. The van der Waals surface area contributed by atoms with E-state index in [-0.39, 0.29) is 6.61 Å². The number of hydrogen-bond donors (Lipinski definition) is 2. The molecule has 0 aliphatic heterocycles. The standard InChI is InChI=1S/C19H41NO/c1-3-5-6-7-8-9-10-11-12-13-14-15-16-17-19(18-21)20-4-2/h19-21H,3-18H2,1-2H3. The average Bonchev–Trinajstić information content (AvgIpc) is 2.50. The molecule has 0 aromatic heterocycles. The Balaban J connectivity index is 3.08. The molecule has 0 aromatic carbocycles. The molecule has 2 heteroatoms. The van der Waals surface area contributed by atoms with Crippen LogP contribution in [0.4, 0.5) is 0 Å². The van der Waals surface area contributed by atoms with Gasteiger partial charge in [-0.25, -0.2) is 0 Å². The lowest BCUT2D eigenvalue weighted by atomic mass is 10.0. The van der Waals surface area contributed by atoms with Gasteiger partial charge in [0.2, 0.25) is 0 Å². The van der Waals surface area contributed by atoms with Crippen LogP contribution in [0.25, 0.3) is 0 Å². The van der Waals surface area contributed by atoms with Crippen molar-refractivity contribution < 1.29 is 5.11 Å². The Labute approximate surface area is 134 Å². The summed E-state index contributed by atoms with van der Waals surface area (Å²) in [5.74, 6) is 0. The smallest absolute Gasteiger partial charge is 0.0584 e. The molecule has 0 aromatic rings. The molecular weight excluding hydrogens is 258 g/mol. The maximum Gasteiger partial charge on any atom is 0.0584 e. The van der Waals surface area contributed by atoms with Gasteiger partial charge in [-0.2, -0.15) is 0 Å². The first-order valence-corrected chi connectivity index (χ1v) is 9.69. The Morgan fingerprint density at radius 3 is 1.48 bits per heavy atom. The monoisotopic (exact) mass is 299 g/mol. The summed E-state index contributed by atoms with van der Waals surface area (Å²) in [6, 6.07) is 0.322. The van der Waals surface area contributed by atoms with Gasteiger partial charge in [0.15, 0.2) is 0 Å². The highest BCUT2D eigenvalue weighted by atomic mass is 16.3. The van der Waals surface area contributed by atoms with Crippen LogP contribution in [0.1, 0.15) is 104 Å². The van der Waals surface area contributed by atoms with Gasteiger partial charge in [-0.3, -0.25) is 0 Å². The van der Waals surface area contributed by atoms with Crippen LogP contribution >= 0.6 is 0 Å². The Kier molecular flexibility index (Phi) is 17.9. The normalized spacial score (nSPS) is 12.7. The SMILES string of the molecule is CCCCCCCCCCCCCCCC(CO)NCC. The van der Waals surface area contributed by atoms with Crippen LogP contribution in [0.2, 0.25) is 0 Å². The van der Waals surface area contributed by atoms with Crippen molar-refractivity contribution >= 4 is 0 Å². The number of nitrogens with one attached hydrogen (secondary N) is 1. The van der Waals surface area contributed by atoms with Gasteiger partial charge in [-0.05, 0) is 13.0 Å². The summed E-state index contributed by atoms with van der Waals surface area (Å²) in [6.45, 7) is 5.63. The largest absolute Gasteiger partial charge is 0.395 e. The number of rotatable bonds is 17. The van der Waals surface area contributed by atoms with Crippen molar-refractivity contribution in [3.05, 3.63) is 0 Å². The van der Waals surface area contributed by atoms with Crippen molar-refractivity contribution in [2.75, 3.05) is 13.2 Å². The van der Waals surface area contributed by atoms with Gasteiger partial charge in [0.25, 0.3) is 0 Å². The third-order valence-corrected chi connectivity index (χ3v) is 4.37. The molecule has 1 unspecified atom stereocenters. The van der Waals surface area contributed by atoms with Crippen molar-refractivity contribution in [1.29, 1.82) is 0 Å². The van der Waals surface area contributed by atoms with Crippen LogP contribution in [0.5, 0.6) is 0 Å². The molecule has 0 rings (SSSR count). The number of aliphatic hydroxyl groups is 1. The van der Waals surface area contributed by atoms with Crippen LogP contribution in [-0.2, 0) is 0 Å². The highest BCUT2D eigenvalue weighted by Crippen LogP contribution is 2.13. The number of likely N-dealkylation sites (N-methyl/N-ethyl adjacent to an activating group) is 1. The van der Waals surface area contributed by atoms with Gasteiger partial charge in [0, 0.05) is 6.04 Å². The molecule has 0 heterocycles. The van der Waals surface area contributed by atoms with Gasteiger partial charge < -0.3 is 10.4 Å². The fraction of sp³-hybridized carbons (Fsp3) is 1.00. The van der Waals surface area contributed by atoms with E-state index in [9.17, 15) is 5.11 Å². The highest BCUT2D eigenvalue weighted by Gasteiger charge is 2.04. The zero-order valence-electron chi connectivity index (χ0n) is 14.8. The van der Waals surface area contributed by atoms with E-state index < -0.39 is 0 Å². The molecule has 0 aliphatic carbocycles. The van der Waals surface area contributed by atoms with E-state index in [1.165, 1.54) is 83.5 Å². The maximum atomic E-state index is 9.19. The summed E-state index contributed by atoms with van der Waals surface area (Å²) in [5, 5.41) is 12.5. The van der Waals surface area contributed by atoms with Gasteiger partial charge in [0.05, 0.1) is 6.61 Å². The second-order valence-corrected chi connectivity index (χ2v) is 6.47. The molecule has 21 heavy (non-hydrogen) atoms. The highest BCUT2D eigenvalue weighted by molar-refractivity contribution is 4.64. The molecule has 1 atom stereocenters. The van der Waals surface area contributed by atoms with Crippen LogP contribution in [0, 0.1) is 0 Å². The Hall–Kier alpha value is -0.0800. The first-order chi connectivity index (χ1) is 10.3. The Bertz CT molecular complexity index is 184. The van der Waals surface area contributed by atoms with E-state index in [2.05, 4.69) is 19.2 Å². The molecule has 0 aliphatic rings. The minimum atomic E-state index is 0.284. The lowest BCUT2D eigenvalue weighted by molar-refractivity contribution is 0.234. The van der Waals surface area contributed by atoms with Gasteiger partial charge in [-0.1, -0.05) is 97.3 Å². The molecular formula is C19H41NO. The Morgan fingerprint density at radius 1 is 0.667 bits per heavy atom. The molecule has 0 saturated carbocycles. The molecule has 128 valence electrons. The van der Waals surface area contributed by atoms with Crippen molar-refractivity contribution in [1.82, 2.24) is 5.32 Å². The third-order valence-electron chi connectivity index (χ3n) is 4.37. The van der Waals surface area contributed by atoms with E-state index >= 15 is 0 Å². The average molecular weight is 300 g/mol. The van der Waals surface area contributed by atoms with E-state index in [4.69, 9.17) is 0 Å². The first kappa shape index (κ1) is 20.9. The van der Waals surface area contributed by atoms with Crippen molar-refractivity contribution in [3.8, 4) is 0 Å². The first-order valence-electron chi connectivity index (χ1n) is 9.69. The number of unbranched alkanes of at least 4 members (excludes halogenated alkanes) is 12. The summed E-state index contributed by atoms with van der Waals surface area (Å²) in [4.78, 5) is 0.